The van der Waals surface area contributed by atoms with Crippen LogP contribution in [0.3, 0.4) is 0 Å². The summed E-state index contributed by atoms with van der Waals surface area (Å²) in [6.45, 7) is 2.72. The summed E-state index contributed by atoms with van der Waals surface area (Å²) in [5.41, 5.74) is 0.00784. The Morgan fingerprint density at radius 2 is 2.19 bits per heavy atom. The molecule has 1 aliphatic rings. The molecule has 1 N–H and O–H groups in total. The van der Waals surface area contributed by atoms with Crippen LogP contribution in [0.1, 0.15) is 6.92 Å². The van der Waals surface area contributed by atoms with Crippen LogP contribution in [0.4, 0.5) is 11.4 Å². The van der Waals surface area contributed by atoms with E-state index in [-0.39, 0.29) is 28.9 Å². The fraction of sp³-hybridized carbons (Fsp3) is 0.500. The van der Waals surface area contributed by atoms with Gasteiger partial charge in [0.1, 0.15) is 5.69 Å². The SMILES string of the molecule is CNc1cc(S(=O)(=O)N2CCOCC2C)ccc1[N+](=O)[O-]. The summed E-state index contributed by atoms with van der Waals surface area (Å²) in [5.74, 6) is 0. The number of hydrogen-bond donors (Lipinski definition) is 1. The lowest BCUT2D eigenvalue weighted by molar-refractivity contribution is -0.384. The fourth-order valence-electron chi connectivity index (χ4n) is 2.24. The third-order valence-electron chi connectivity index (χ3n) is 3.35. The van der Waals surface area contributed by atoms with Crippen molar-refractivity contribution >= 4 is 21.4 Å². The van der Waals surface area contributed by atoms with Gasteiger partial charge in [-0.3, -0.25) is 10.1 Å². The minimum absolute atomic E-state index is 0.0335. The summed E-state index contributed by atoms with van der Waals surface area (Å²) in [6, 6.07) is 3.48. The van der Waals surface area contributed by atoms with Crippen molar-refractivity contribution in [2.75, 3.05) is 32.1 Å². The van der Waals surface area contributed by atoms with E-state index in [4.69, 9.17) is 4.74 Å². The van der Waals surface area contributed by atoms with E-state index in [0.717, 1.165) is 0 Å². The topological polar surface area (TPSA) is 102 Å². The predicted molar refractivity (Wildman–Crippen MR) is 76.8 cm³/mol. The number of sulfonamides is 1. The quantitative estimate of drug-likeness (QED) is 0.658. The van der Waals surface area contributed by atoms with E-state index in [2.05, 4.69) is 5.32 Å². The summed E-state index contributed by atoms with van der Waals surface area (Å²) in [7, 11) is -2.19. The molecule has 1 saturated heterocycles. The van der Waals surface area contributed by atoms with Gasteiger partial charge in [-0.1, -0.05) is 0 Å². The molecule has 116 valence electrons. The third-order valence-corrected chi connectivity index (χ3v) is 5.36. The van der Waals surface area contributed by atoms with Crippen LogP contribution in [0, 0.1) is 10.1 Å². The lowest BCUT2D eigenvalue weighted by Gasteiger charge is -2.32. The molecule has 0 aliphatic carbocycles. The second-order valence-electron chi connectivity index (χ2n) is 4.73. The van der Waals surface area contributed by atoms with Gasteiger partial charge < -0.3 is 10.1 Å². The van der Waals surface area contributed by atoms with Crippen molar-refractivity contribution in [2.45, 2.75) is 17.9 Å². The van der Waals surface area contributed by atoms with Crippen molar-refractivity contribution in [1.82, 2.24) is 4.31 Å². The van der Waals surface area contributed by atoms with Gasteiger partial charge >= 0.3 is 0 Å². The number of rotatable bonds is 4. The van der Waals surface area contributed by atoms with Crippen molar-refractivity contribution in [1.29, 1.82) is 0 Å². The minimum atomic E-state index is -3.70. The normalized spacial score (nSPS) is 20.2. The van der Waals surface area contributed by atoms with Crippen molar-refractivity contribution in [3.8, 4) is 0 Å². The number of hydrogen-bond acceptors (Lipinski definition) is 6. The molecule has 1 atom stereocenters. The zero-order valence-electron chi connectivity index (χ0n) is 11.8. The van der Waals surface area contributed by atoms with E-state index in [1.165, 1.54) is 29.6 Å². The van der Waals surface area contributed by atoms with Crippen LogP contribution in [0.15, 0.2) is 23.1 Å². The second kappa shape index (κ2) is 5.96. The first-order chi connectivity index (χ1) is 9.87. The number of nitrogens with zero attached hydrogens (tertiary/aromatic N) is 2. The van der Waals surface area contributed by atoms with E-state index < -0.39 is 14.9 Å². The van der Waals surface area contributed by atoms with Crippen molar-refractivity contribution in [2.24, 2.45) is 0 Å². The Kier molecular flexibility index (Phi) is 4.45. The molecule has 1 aromatic carbocycles. The van der Waals surface area contributed by atoms with Gasteiger partial charge in [0.25, 0.3) is 5.69 Å². The molecular formula is C12H17N3O5S. The maximum Gasteiger partial charge on any atom is 0.292 e. The van der Waals surface area contributed by atoms with Gasteiger partial charge in [-0.15, -0.1) is 0 Å². The van der Waals surface area contributed by atoms with Gasteiger partial charge in [-0.05, 0) is 19.1 Å². The van der Waals surface area contributed by atoms with Crippen LogP contribution < -0.4 is 5.32 Å². The number of nitrogens with one attached hydrogen (secondary N) is 1. The Labute approximate surface area is 122 Å². The molecule has 1 aromatic rings. The molecule has 0 amide bonds. The van der Waals surface area contributed by atoms with Gasteiger partial charge in [0.15, 0.2) is 0 Å². The smallest absolute Gasteiger partial charge is 0.292 e. The minimum Gasteiger partial charge on any atom is -0.383 e. The Morgan fingerprint density at radius 1 is 1.48 bits per heavy atom. The highest BCUT2D eigenvalue weighted by molar-refractivity contribution is 7.89. The lowest BCUT2D eigenvalue weighted by atomic mass is 10.3. The Morgan fingerprint density at radius 3 is 2.76 bits per heavy atom. The number of benzene rings is 1. The van der Waals surface area contributed by atoms with Crippen LogP contribution in [-0.2, 0) is 14.8 Å². The summed E-state index contributed by atoms with van der Waals surface area (Å²) in [6.07, 6.45) is 0. The van der Waals surface area contributed by atoms with Crippen LogP contribution in [-0.4, -0.2) is 50.5 Å². The molecule has 0 spiro atoms. The van der Waals surface area contributed by atoms with Gasteiger partial charge in [0.05, 0.1) is 23.0 Å². The van der Waals surface area contributed by atoms with E-state index in [9.17, 15) is 18.5 Å². The molecule has 0 radical (unpaired) electrons. The monoisotopic (exact) mass is 315 g/mol. The number of ether oxygens (including phenoxy) is 1. The summed E-state index contributed by atoms with van der Waals surface area (Å²) in [4.78, 5) is 10.4. The van der Waals surface area contributed by atoms with Crippen LogP contribution in [0.25, 0.3) is 0 Å². The summed E-state index contributed by atoms with van der Waals surface area (Å²) in [5, 5.41) is 13.5. The Bertz CT molecular complexity index is 646. The van der Waals surface area contributed by atoms with Crippen LogP contribution in [0.2, 0.25) is 0 Å². The Balaban J connectivity index is 2.43. The molecule has 0 bridgehead atoms. The molecular weight excluding hydrogens is 298 g/mol. The van der Waals surface area contributed by atoms with Crippen molar-refractivity contribution in [3.63, 3.8) is 0 Å². The highest BCUT2D eigenvalue weighted by Crippen LogP contribution is 2.29. The Hall–Kier alpha value is -1.71. The first-order valence-corrected chi connectivity index (χ1v) is 7.87. The number of anilines is 1. The predicted octanol–water partition coefficient (Wildman–Crippen LogP) is 1.05. The summed E-state index contributed by atoms with van der Waals surface area (Å²) < 4.78 is 31.8. The number of nitro groups is 1. The highest BCUT2D eigenvalue weighted by Gasteiger charge is 2.32. The van der Waals surface area contributed by atoms with Gasteiger partial charge in [0.2, 0.25) is 10.0 Å². The van der Waals surface area contributed by atoms with E-state index >= 15 is 0 Å². The van der Waals surface area contributed by atoms with E-state index in [1.807, 2.05) is 0 Å². The van der Waals surface area contributed by atoms with Crippen LogP contribution in [0.5, 0.6) is 0 Å². The number of morpholine rings is 1. The second-order valence-corrected chi connectivity index (χ2v) is 6.62. The van der Waals surface area contributed by atoms with Gasteiger partial charge in [-0.25, -0.2) is 8.42 Å². The van der Waals surface area contributed by atoms with Crippen molar-refractivity contribution in [3.05, 3.63) is 28.3 Å². The summed E-state index contributed by atoms with van der Waals surface area (Å²) >= 11 is 0. The average Bonchev–Trinajstić information content (AvgIpc) is 2.46. The number of nitro benzene ring substituents is 1. The lowest BCUT2D eigenvalue weighted by Crippen LogP contribution is -2.46. The molecule has 1 heterocycles. The molecule has 21 heavy (non-hydrogen) atoms. The first-order valence-electron chi connectivity index (χ1n) is 6.43. The zero-order chi connectivity index (χ0) is 15.6. The largest absolute Gasteiger partial charge is 0.383 e. The first kappa shape index (κ1) is 15.7. The molecule has 1 fully saturated rings. The zero-order valence-corrected chi connectivity index (χ0v) is 12.6. The fourth-order valence-corrected chi connectivity index (χ4v) is 3.87. The maximum absolute atomic E-state index is 12.6. The van der Waals surface area contributed by atoms with E-state index in [0.29, 0.717) is 13.2 Å². The molecule has 2 rings (SSSR count). The molecule has 0 aromatic heterocycles. The molecule has 8 nitrogen and oxygen atoms in total. The molecule has 0 saturated carbocycles. The van der Waals surface area contributed by atoms with Gasteiger partial charge in [-0.2, -0.15) is 4.31 Å². The van der Waals surface area contributed by atoms with Crippen molar-refractivity contribution < 1.29 is 18.1 Å². The standard InChI is InChI=1S/C12H17N3O5S/c1-9-8-20-6-5-14(9)21(18,19)10-3-4-12(15(16)17)11(7-10)13-2/h3-4,7,9,13H,5-6,8H2,1-2H3. The van der Waals surface area contributed by atoms with Crippen LogP contribution >= 0.6 is 0 Å². The van der Waals surface area contributed by atoms with Gasteiger partial charge in [0, 0.05) is 25.7 Å². The average molecular weight is 315 g/mol. The maximum atomic E-state index is 12.6. The highest BCUT2D eigenvalue weighted by atomic mass is 32.2. The third kappa shape index (κ3) is 2.99. The molecule has 1 unspecified atom stereocenters. The van der Waals surface area contributed by atoms with E-state index in [1.54, 1.807) is 6.92 Å². The molecule has 9 heteroatoms. The molecule has 1 aliphatic heterocycles.